The molecular weight excluding hydrogens is 208 g/mol. The van der Waals surface area contributed by atoms with Crippen LogP contribution >= 0.6 is 0 Å². The largest absolute Gasteiger partial charge is 0.385 e. The summed E-state index contributed by atoms with van der Waals surface area (Å²) in [5.74, 6) is 0. The van der Waals surface area contributed by atoms with E-state index in [1.807, 2.05) is 6.07 Å². The van der Waals surface area contributed by atoms with Crippen LogP contribution in [0.15, 0.2) is 30.3 Å². The number of hydrogen-bond donors (Lipinski definition) is 2. The summed E-state index contributed by atoms with van der Waals surface area (Å²) in [6.07, 6.45) is 7.34. The quantitative estimate of drug-likeness (QED) is 0.638. The molecule has 0 aliphatic heterocycles. The normalized spacial score (nSPS) is 12.4. The molecule has 0 heterocycles. The fraction of sp³-hybridized carbons (Fsp3) is 0.600. The van der Waals surface area contributed by atoms with Crippen molar-refractivity contribution < 1.29 is 0 Å². The molecule has 96 valence electrons. The van der Waals surface area contributed by atoms with Crippen molar-refractivity contribution in [3.63, 3.8) is 0 Å². The van der Waals surface area contributed by atoms with Crippen LogP contribution in [0.25, 0.3) is 0 Å². The second kappa shape index (κ2) is 9.06. The van der Waals surface area contributed by atoms with E-state index < -0.39 is 0 Å². The minimum absolute atomic E-state index is 0.388. The van der Waals surface area contributed by atoms with Gasteiger partial charge in [0.1, 0.15) is 0 Å². The fourth-order valence-electron chi connectivity index (χ4n) is 1.95. The van der Waals surface area contributed by atoms with Crippen LogP contribution in [0.3, 0.4) is 0 Å². The summed E-state index contributed by atoms with van der Waals surface area (Å²) in [6.45, 7) is 3.25. The third-order valence-electron chi connectivity index (χ3n) is 3.03. The van der Waals surface area contributed by atoms with Crippen LogP contribution in [-0.4, -0.2) is 12.6 Å². The number of para-hydroxylation sites is 1. The first kappa shape index (κ1) is 14.0. The average Bonchev–Trinajstić information content (AvgIpc) is 2.36. The Bertz CT molecular complexity index is 272. The van der Waals surface area contributed by atoms with Gasteiger partial charge in [-0.15, -0.1) is 0 Å². The molecule has 1 rings (SSSR count). The van der Waals surface area contributed by atoms with Crippen LogP contribution < -0.4 is 11.1 Å². The number of anilines is 1. The molecule has 1 unspecified atom stereocenters. The topological polar surface area (TPSA) is 38.0 Å². The molecule has 1 aromatic rings. The molecule has 0 fully saturated rings. The first-order valence-electron chi connectivity index (χ1n) is 6.87. The molecule has 1 atom stereocenters. The lowest BCUT2D eigenvalue weighted by Gasteiger charge is -2.11. The van der Waals surface area contributed by atoms with Crippen molar-refractivity contribution in [1.82, 2.24) is 0 Å². The highest BCUT2D eigenvalue weighted by Crippen LogP contribution is 2.08. The number of unbranched alkanes of at least 4 members (excludes halogenated alkanes) is 2. The van der Waals surface area contributed by atoms with Gasteiger partial charge >= 0.3 is 0 Å². The molecule has 0 spiro atoms. The van der Waals surface area contributed by atoms with E-state index in [2.05, 4.69) is 36.5 Å². The van der Waals surface area contributed by atoms with E-state index in [4.69, 9.17) is 5.73 Å². The third-order valence-corrected chi connectivity index (χ3v) is 3.03. The summed E-state index contributed by atoms with van der Waals surface area (Å²) in [4.78, 5) is 0. The van der Waals surface area contributed by atoms with E-state index in [0.29, 0.717) is 6.04 Å². The molecule has 1 aromatic carbocycles. The van der Waals surface area contributed by atoms with Crippen molar-refractivity contribution in [3.8, 4) is 0 Å². The van der Waals surface area contributed by atoms with Gasteiger partial charge < -0.3 is 11.1 Å². The maximum atomic E-state index is 6.07. The molecule has 0 aromatic heterocycles. The van der Waals surface area contributed by atoms with Crippen molar-refractivity contribution in [2.45, 2.75) is 51.5 Å². The van der Waals surface area contributed by atoms with E-state index in [0.717, 1.165) is 19.4 Å². The van der Waals surface area contributed by atoms with Gasteiger partial charge in [-0.3, -0.25) is 0 Å². The van der Waals surface area contributed by atoms with Crippen molar-refractivity contribution in [2.24, 2.45) is 5.73 Å². The van der Waals surface area contributed by atoms with E-state index in [1.54, 1.807) is 0 Å². The third kappa shape index (κ3) is 7.01. The van der Waals surface area contributed by atoms with Gasteiger partial charge in [-0.1, -0.05) is 44.4 Å². The zero-order valence-corrected chi connectivity index (χ0v) is 11.0. The van der Waals surface area contributed by atoms with Crippen LogP contribution in [0.2, 0.25) is 0 Å². The highest BCUT2D eigenvalue weighted by molar-refractivity contribution is 5.42. The van der Waals surface area contributed by atoms with Gasteiger partial charge in [0.05, 0.1) is 0 Å². The van der Waals surface area contributed by atoms with E-state index in [1.165, 1.54) is 31.4 Å². The zero-order valence-electron chi connectivity index (χ0n) is 11.0. The van der Waals surface area contributed by atoms with E-state index >= 15 is 0 Å². The lowest BCUT2D eigenvalue weighted by atomic mass is 10.0. The monoisotopic (exact) mass is 234 g/mol. The van der Waals surface area contributed by atoms with E-state index in [9.17, 15) is 0 Å². The molecule has 0 aliphatic carbocycles. The van der Waals surface area contributed by atoms with Crippen LogP contribution in [-0.2, 0) is 0 Å². The second-order valence-electron chi connectivity index (χ2n) is 4.69. The number of rotatable bonds is 9. The second-order valence-corrected chi connectivity index (χ2v) is 4.69. The minimum Gasteiger partial charge on any atom is -0.385 e. The molecule has 3 N–H and O–H groups in total. The number of hydrogen-bond acceptors (Lipinski definition) is 2. The maximum Gasteiger partial charge on any atom is 0.0340 e. The van der Waals surface area contributed by atoms with Crippen LogP contribution in [0.4, 0.5) is 5.69 Å². The Morgan fingerprint density at radius 1 is 1.06 bits per heavy atom. The van der Waals surface area contributed by atoms with Gasteiger partial charge in [0, 0.05) is 18.3 Å². The molecule has 0 saturated heterocycles. The predicted molar refractivity (Wildman–Crippen MR) is 76.3 cm³/mol. The first-order valence-corrected chi connectivity index (χ1v) is 6.87. The Morgan fingerprint density at radius 3 is 2.47 bits per heavy atom. The van der Waals surface area contributed by atoms with Crippen molar-refractivity contribution in [1.29, 1.82) is 0 Å². The number of nitrogens with two attached hydrogens (primary N) is 1. The Labute approximate surface area is 106 Å². The van der Waals surface area contributed by atoms with Gasteiger partial charge in [-0.05, 0) is 31.4 Å². The molecule has 0 aliphatic rings. The molecule has 2 nitrogen and oxygen atoms in total. The van der Waals surface area contributed by atoms with Gasteiger partial charge in [-0.25, -0.2) is 0 Å². The lowest BCUT2D eigenvalue weighted by molar-refractivity contribution is 0.519. The molecular formula is C15H26N2. The van der Waals surface area contributed by atoms with Gasteiger partial charge in [0.25, 0.3) is 0 Å². The van der Waals surface area contributed by atoms with Crippen LogP contribution in [0, 0.1) is 0 Å². The average molecular weight is 234 g/mol. The lowest BCUT2D eigenvalue weighted by Crippen LogP contribution is -2.20. The molecule has 2 heteroatoms. The Morgan fingerprint density at radius 2 is 1.76 bits per heavy atom. The Kier molecular flexibility index (Phi) is 7.48. The summed E-state index contributed by atoms with van der Waals surface area (Å²) >= 11 is 0. The Balaban J connectivity index is 2.00. The van der Waals surface area contributed by atoms with Crippen molar-refractivity contribution in [2.75, 3.05) is 11.9 Å². The summed E-state index contributed by atoms with van der Waals surface area (Å²) in [5, 5.41) is 3.41. The standard InChI is InChI=1S/C15H26N2/c1-2-3-5-9-14(16)10-8-13-17-15-11-6-4-7-12-15/h4,6-7,11-12,14,17H,2-3,5,8-10,13,16H2,1H3. The molecule has 0 amide bonds. The maximum absolute atomic E-state index is 6.07. The van der Waals surface area contributed by atoms with Crippen LogP contribution in [0.5, 0.6) is 0 Å². The molecule has 0 radical (unpaired) electrons. The van der Waals surface area contributed by atoms with Crippen LogP contribution in [0.1, 0.15) is 45.4 Å². The highest BCUT2D eigenvalue weighted by Gasteiger charge is 2.01. The molecule has 0 saturated carbocycles. The minimum atomic E-state index is 0.388. The summed E-state index contributed by atoms with van der Waals surface area (Å²) in [6, 6.07) is 10.7. The fourth-order valence-corrected chi connectivity index (χ4v) is 1.95. The van der Waals surface area contributed by atoms with Crippen molar-refractivity contribution >= 4 is 5.69 Å². The summed E-state index contributed by atoms with van der Waals surface area (Å²) in [5.41, 5.74) is 7.27. The van der Waals surface area contributed by atoms with Crippen molar-refractivity contribution in [3.05, 3.63) is 30.3 Å². The van der Waals surface area contributed by atoms with Gasteiger partial charge in [-0.2, -0.15) is 0 Å². The van der Waals surface area contributed by atoms with Gasteiger partial charge in [0.15, 0.2) is 0 Å². The summed E-state index contributed by atoms with van der Waals surface area (Å²) < 4.78 is 0. The number of nitrogens with one attached hydrogen (secondary N) is 1. The molecule has 17 heavy (non-hydrogen) atoms. The zero-order chi connectivity index (χ0) is 12.3. The number of benzene rings is 1. The SMILES string of the molecule is CCCCCC(N)CCCNc1ccccc1. The highest BCUT2D eigenvalue weighted by atomic mass is 14.9. The molecule has 0 bridgehead atoms. The Hall–Kier alpha value is -1.02. The first-order chi connectivity index (χ1) is 8.33. The van der Waals surface area contributed by atoms with E-state index in [-0.39, 0.29) is 0 Å². The smallest absolute Gasteiger partial charge is 0.0340 e. The predicted octanol–water partition coefficient (Wildman–Crippen LogP) is 3.79. The van der Waals surface area contributed by atoms with Gasteiger partial charge in [0.2, 0.25) is 0 Å². The summed E-state index contributed by atoms with van der Waals surface area (Å²) in [7, 11) is 0.